The van der Waals surface area contributed by atoms with Gasteiger partial charge in [-0.1, -0.05) is 17.7 Å². The number of carbonyl (C=O) groups is 2. The Hall–Kier alpha value is -1.66. The van der Waals surface area contributed by atoms with Gasteiger partial charge < -0.3 is 14.7 Å². The first-order valence-corrected chi connectivity index (χ1v) is 7.41. The van der Waals surface area contributed by atoms with Crippen molar-refractivity contribution in [1.29, 1.82) is 0 Å². The van der Waals surface area contributed by atoms with Gasteiger partial charge in [0.2, 0.25) is 5.91 Å². The number of ether oxygens (including phenoxy) is 1. The molecule has 22 heavy (non-hydrogen) atoms. The fourth-order valence-corrected chi connectivity index (χ4v) is 3.02. The van der Waals surface area contributed by atoms with E-state index in [0.29, 0.717) is 31.6 Å². The Kier molecular flexibility index (Phi) is 3.82. The third-order valence-electron chi connectivity index (χ3n) is 4.23. The average molecular weight is 328 g/mol. The number of carbonyl (C=O) groups excluding carboxylic acids is 1. The van der Waals surface area contributed by atoms with Crippen molar-refractivity contribution in [3.8, 4) is 0 Å². The lowest BCUT2D eigenvalue weighted by Gasteiger charge is -2.35. The predicted octanol–water partition coefficient (Wildman–Crippen LogP) is 2.24. The zero-order valence-corrected chi connectivity index (χ0v) is 12.5. The van der Waals surface area contributed by atoms with Crippen molar-refractivity contribution in [2.75, 3.05) is 19.7 Å². The molecule has 1 unspecified atom stereocenters. The molecule has 1 aromatic carbocycles. The molecule has 1 saturated carbocycles. The number of hydrogen-bond donors (Lipinski definition) is 1. The summed E-state index contributed by atoms with van der Waals surface area (Å²) in [4.78, 5) is 25.2. The maximum atomic E-state index is 13.1. The number of halogens is 2. The van der Waals surface area contributed by atoms with E-state index in [1.54, 1.807) is 0 Å². The van der Waals surface area contributed by atoms with Crippen molar-refractivity contribution in [2.45, 2.75) is 18.9 Å². The molecule has 0 radical (unpaired) electrons. The van der Waals surface area contributed by atoms with Crippen LogP contribution >= 0.6 is 11.6 Å². The van der Waals surface area contributed by atoms with Crippen molar-refractivity contribution in [1.82, 2.24) is 4.90 Å². The van der Waals surface area contributed by atoms with Gasteiger partial charge in [-0.15, -0.1) is 0 Å². The fraction of sp³-hybridized carbons (Fsp3) is 0.467. The Balaban J connectivity index is 1.77. The van der Waals surface area contributed by atoms with Gasteiger partial charge in [-0.05, 0) is 25.0 Å². The first-order valence-electron chi connectivity index (χ1n) is 7.03. The highest BCUT2D eigenvalue weighted by Gasteiger charge is 2.58. The zero-order chi connectivity index (χ0) is 15.9. The fourth-order valence-electron chi connectivity index (χ4n) is 2.73. The Morgan fingerprint density at radius 3 is 2.73 bits per heavy atom. The van der Waals surface area contributed by atoms with Crippen molar-refractivity contribution in [3.05, 3.63) is 34.6 Å². The lowest BCUT2D eigenvalue weighted by atomic mass is 10.0. The second kappa shape index (κ2) is 5.52. The molecule has 1 heterocycles. The molecule has 1 N–H and O–H groups in total. The van der Waals surface area contributed by atoms with Crippen LogP contribution < -0.4 is 0 Å². The van der Waals surface area contributed by atoms with Crippen LogP contribution in [0, 0.1) is 11.2 Å². The van der Waals surface area contributed by atoms with E-state index in [1.165, 1.54) is 23.1 Å². The van der Waals surface area contributed by atoms with E-state index in [0.717, 1.165) is 0 Å². The van der Waals surface area contributed by atoms with Gasteiger partial charge in [0.15, 0.2) is 0 Å². The molecule has 1 atom stereocenters. The number of benzene rings is 1. The van der Waals surface area contributed by atoms with Gasteiger partial charge in [-0.25, -0.2) is 4.39 Å². The SMILES string of the molecule is O=C(O)C1(C(=O)N2CCOC(c3ccc(F)cc3Cl)C2)CC1. The van der Waals surface area contributed by atoms with Gasteiger partial charge >= 0.3 is 5.97 Å². The molecule has 118 valence electrons. The van der Waals surface area contributed by atoms with Gasteiger partial charge in [0.25, 0.3) is 0 Å². The Morgan fingerprint density at radius 2 is 2.14 bits per heavy atom. The second-order valence-corrected chi connectivity index (χ2v) is 6.07. The standard InChI is InChI=1S/C15H15ClFNO4/c16-11-7-9(17)1-2-10(11)12-8-18(5-6-22-12)13(19)15(3-4-15)14(20)21/h1-2,7,12H,3-6,8H2,(H,20,21). The van der Waals surface area contributed by atoms with Crippen LogP contribution in [0.25, 0.3) is 0 Å². The summed E-state index contributed by atoms with van der Waals surface area (Å²) in [7, 11) is 0. The maximum Gasteiger partial charge on any atom is 0.319 e. The molecule has 0 bridgehead atoms. The molecule has 5 nitrogen and oxygen atoms in total. The summed E-state index contributed by atoms with van der Waals surface area (Å²) in [5, 5.41) is 9.46. The molecule has 1 saturated heterocycles. The van der Waals surface area contributed by atoms with Crippen LogP contribution in [-0.4, -0.2) is 41.6 Å². The number of hydrogen-bond acceptors (Lipinski definition) is 3. The number of nitrogens with zero attached hydrogens (tertiary/aromatic N) is 1. The minimum Gasteiger partial charge on any atom is -0.480 e. The molecule has 1 aromatic rings. The van der Waals surface area contributed by atoms with Crippen LogP contribution in [0.1, 0.15) is 24.5 Å². The molecular weight excluding hydrogens is 313 g/mol. The Labute approximate surface area is 131 Å². The maximum absolute atomic E-state index is 13.1. The highest BCUT2D eigenvalue weighted by Crippen LogP contribution is 2.48. The van der Waals surface area contributed by atoms with E-state index in [2.05, 4.69) is 0 Å². The normalized spacial score (nSPS) is 23.2. The summed E-state index contributed by atoms with van der Waals surface area (Å²) < 4.78 is 18.7. The summed E-state index contributed by atoms with van der Waals surface area (Å²) in [6.45, 7) is 0.863. The van der Waals surface area contributed by atoms with E-state index in [1.807, 2.05) is 0 Å². The zero-order valence-electron chi connectivity index (χ0n) is 11.7. The van der Waals surface area contributed by atoms with E-state index < -0.39 is 23.3 Å². The molecule has 2 fully saturated rings. The van der Waals surface area contributed by atoms with Gasteiger partial charge in [0.1, 0.15) is 17.3 Å². The van der Waals surface area contributed by atoms with Crippen LogP contribution in [0.15, 0.2) is 18.2 Å². The molecular formula is C15H15ClFNO4. The van der Waals surface area contributed by atoms with Crippen molar-refractivity contribution < 1.29 is 23.8 Å². The van der Waals surface area contributed by atoms with Gasteiger partial charge in [-0.3, -0.25) is 9.59 Å². The molecule has 7 heteroatoms. The second-order valence-electron chi connectivity index (χ2n) is 5.66. The smallest absolute Gasteiger partial charge is 0.319 e. The first-order chi connectivity index (χ1) is 10.4. The van der Waals surface area contributed by atoms with E-state index in [4.69, 9.17) is 16.3 Å². The van der Waals surface area contributed by atoms with Gasteiger partial charge in [0, 0.05) is 17.1 Å². The van der Waals surface area contributed by atoms with E-state index in [-0.39, 0.29) is 17.5 Å². The number of aliphatic carboxylic acids is 1. The Bertz CT molecular complexity index is 632. The van der Waals surface area contributed by atoms with Crippen molar-refractivity contribution in [2.24, 2.45) is 5.41 Å². The number of rotatable bonds is 3. The average Bonchev–Trinajstić information content (AvgIpc) is 3.28. The van der Waals surface area contributed by atoms with E-state index in [9.17, 15) is 19.1 Å². The minimum absolute atomic E-state index is 0.221. The quantitative estimate of drug-likeness (QED) is 0.865. The van der Waals surface area contributed by atoms with Crippen molar-refractivity contribution >= 4 is 23.5 Å². The topological polar surface area (TPSA) is 66.8 Å². The number of morpholine rings is 1. The summed E-state index contributed by atoms with van der Waals surface area (Å²) in [5.74, 6) is -1.88. The largest absolute Gasteiger partial charge is 0.480 e. The number of amides is 1. The summed E-state index contributed by atoms with van der Waals surface area (Å²) in [6, 6.07) is 4.01. The third-order valence-corrected chi connectivity index (χ3v) is 4.56. The van der Waals surface area contributed by atoms with Crippen LogP contribution in [0.5, 0.6) is 0 Å². The monoisotopic (exact) mass is 327 g/mol. The van der Waals surface area contributed by atoms with Gasteiger partial charge in [-0.2, -0.15) is 0 Å². The highest BCUT2D eigenvalue weighted by molar-refractivity contribution is 6.31. The molecule has 1 amide bonds. The van der Waals surface area contributed by atoms with Crippen molar-refractivity contribution in [3.63, 3.8) is 0 Å². The van der Waals surface area contributed by atoms with Crippen LogP contribution in [-0.2, 0) is 14.3 Å². The number of carboxylic acid groups (broad SMARTS) is 1. The first kappa shape index (κ1) is 15.2. The Morgan fingerprint density at radius 1 is 1.41 bits per heavy atom. The predicted molar refractivity (Wildman–Crippen MR) is 76.0 cm³/mol. The number of carboxylic acids is 1. The summed E-state index contributed by atoms with van der Waals surface area (Å²) in [6.07, 6.45) is 0.274. The molecule has 0 spiro atoms. The van der Waals surface area contributed by atoms with Gasteiger partial charge in [0.05, 0.1) is 13.2 Å². The summed E-state index contributed by atoms with van der Waals surface area (Å²) in [5.41, 5.74) is -0.658. The molecule has 1 aliphatic carbocycles. The molecule has 2 aliphatic rings. The minimum atomic E-state index is -1.26. The highest BCUT2D eigenvalue weighted by atomic mass is 35.5. The van der Waals surface area contributed by atoms with Crippen LogP contribution in [0.2, 0.25) is 5.02 Å². The lowest BCUT2D eigenvalue weighted by Crippen LogP contribution is -2.47. The molecule has 1 aliphatic heterocycles. The summed E-state index contributed by atoms with van der Waals surface area (Å²) >= 11 is 6.03. The lowest BCUT2D eigenvalue weighted by molar-refractivity contribution is -0.157. The molecule has 3 rings (SSSR count). The molecule has 0 aromatic heterocycles. The van der Waals surface area contributed by atoms with Crippen LogP contribution in [0.3, 0.4) is 0 Å². The third kappa shape index (κ3) is 2.57. The van der Waals surface area contributed by atoms with Crippen LogP contribution in [0.4, 0.5) is 4.39 Å². The van der Waals surface area contributed by atoms with E-state index >= 15 is 0 Å².